The molecule has 1 unspecified atom stereocenters. The molecule has 0 aliphatic heterocycles. The Hall–Kier alpha value is -1.36. The Bertz CT molecular complexity index is 564. The standard InChI is InChI=1S/C14H22N4S/c1-5-7-9(3)18(4)12-11-8-10(6-2)19-13(11)17-14(15)16-12/h8-9H,5-7H2,1-4H3,(H2,15,16,17). The van der Waals surface area contributed by atoms with E-state index in [1.54, 1.807) is 11.3 Å². The molecule has 0 spiro atoms. The number of nitrogens with two attached hydrogens (primary N) is 1. The van der Waals surface area contributed by atoms with E-state index in [1.807, 2.05) is 0 Å². The third-order valence-corrected chi connectivity index (χ3v) is 4.66. The average Bonchev–Trinajstić information content (AvgIpc) is 2.79. The van der Waals surface area contributed by atoms with Gasteiger partial charge in [0, 0.05) is 18.0 Å². The highest BCUT2D eigenvalue weighted by Gasteiger charge is 2.17. The van der Waals surface area contributed by atoms with E-state index in [0.717, 1.165) is 28.9 Å². The van der Waals surface area contributed by atoms with Gasteiger partial charge in [0.05, 0.1) is 5.39 Å². The SMILES string of the molecule is CCCC(C)N(C)c1nc(N)nc2sc(CC)cc12. The second kappa shape index (κ2) is 5.74. The van der Waals surface area contributed by atoms with Crippen molar-refractivity contribution >= 4 is 33.3 Å². The van der Waals surface area contributed by atoms with Crippen LogP contribution in [0.3, 0.4) is 0 Å². The lowest BCUT2D eigenvalue weighted by atomic mass is 10.1. The molecule has 19 heavy (non-hydrogen) atoms. The predicted molar refractivity (Wildman–Crippen MR) is 84.0 cm³/mol. The molecule has 104 valence electrons. The molecule has 0 amide bonds. The van der Waals surface area contributed by atoms with Crippen molar-refractivity contribution < 1.29 is 0 Å². The second-order valence-electron chi connectivity index (χ2n) is 4.94. The maximum atomic E-state index is 5.85. The van der Waals surface area contributed by atoms with Gasteiger partial charge in [0.25, 0.3) is 0 Å². The summed E-state index contributed by atoms with van der Waals surface area (Å²) >= 11 is 1.71. The minimum absolute atomic E-state index is 0.363. The highest BCUT2D eigenvalue weighted by molar-refractivity contribution is 7.18. The van der Waals surface area contributed by atoms with E-state index >= 15 is 0 Å². The van der Waals surface area contributed by atoms with Gasteiger partial charge in [0.1, 0.15) is 10.6 Å². The van der Waals surface area contributed by atoms with E-state index in [9.17, 15) is 0 Å². The summed E-state index contributed by atoms with van der Waals surface area (Å²) < 4.78 is 0. The van der Waals surface area contributed by atoms with E-state index in [-0.39, 0.29) is 0 Å². The summed E-state index contributed by atoms with van der Waals surface area (Å²) in [4.78, 5) is 13.3. The van der Waals surface area contributed by atoms with Gasteiger partial charge in [-0.15, -0.1) is 11.3 Å². The summed E-state index contributed by atoms with van der Waals surface area (Å²) in [5.41, 5.74) is 5.85. The van der Waals surface area contributed by atoms with Crippen molar-refractivity contribution in [3.05, 3.63) is 10.9 Å². The lowest BCUT2D eigenvalue weighted by molar-refractivity contribution is 0.613. The van der Waals surface area contributed by atoms with Crippen molar-refractivity contribution in [3.63, 3.8) is 0 Å². The topological polar surface area (TPSA) is 55.0 Å². The van der Waals surface area contributed by atoms with Gasteiger partial charge < -0.3 is 10.6 Å². The van der Waals surface area contributed by atoms with E-state index in [1.165, 1.54) is 11.3 Å². The Morgan fingerprint density at radius 2 is 2.11 bits per heavy atom. The van der Waals surface area contributed by atoms with E-state index in [4.69, 9.17) is 5.73 Å². The first-order valence-corrected chi connectivity index (χ1v) is 7.67. The molecule has 4 nitrogen and oxygen atoms in total. The van der Waals surface area contributed by atoms with Gasteiger partial charge in [-0.25, -0.2) is 4.98 Å². The molecule has 0 aliphatic carbocycles. The molecule has 0 radical (unpaired) electrons. The van der Waals surface area contributed by atoms with Crippen molar-refractivity contribution in [1.82, 2.24) is 9.97 Å². The summed E-state index contributed by atoms with van der Waals surface area (Å²) in [5.74, 6) is 1.32. The molecule has 0 aliphatic rings. The number of rotatable bonds is 5. The van der Waals surface area contributed by atoms with Crippen LogP contribution in [-0.2, 0) is 6.42 Å². The first kappa shape index (κ1) is 14.1. The molecule has 5 heteroatoms. The minimum Gasteiger partial charge on any atom is -0.368 e. The lowest BCUT2D eigenvalue weighted by Crippen LogP contribution is -2.29. The van der Waals surface area contributed by atoms with Crippen LogP contribution in [-0.4, -0.2) is 23.1 Å². The van der Waals surface area contributed by atoms with Crippen molar-refractivity contribution in [3.8, 4) is 0 Å². The fraction of sp³-hybridized carbons (Fsp3) is 0.571. The maximum absolute atomic E-state index is 5.85. The van der Waals surface area contributed by atoms with Crippen molar-refractivity contribution in [2.24, 2.45) is 0 Å². The van der Waals surface area contributed by atoms with Crippen LogP contribution in [0.15, 0.2) is 6.07 Å². The first-order chi connectivity index (χ1) is 9.06. The fourth-order valence-electron chi connectivity index (χ4n) is 2.24. The van der Waals surface area contributed by atoms with Crippen molar-refractivity contribution in [2.75, 3.05) is 17.7 Å². The molecule has 2 aromatic heterocycles. The van der Waals surface area contributed by atoms with Gasteiger partial charge in [-0.1, -0.05) is 20.3 Å². The summed E-state index contributed by atoms with van der Waals surface area (Å²) in [5, 5.41) is 1.13. The summed E-state index contributed by atoms with van der Waals surface area (Å²) in [6.07, 6.45) is 3.33. The zero-order valence-electron chi connectivity index (χ0n) is 12.1. The third-order valence-electron chi connectivity index (χ3n) is 3.49. The van der Waals surface area contributed by atoms with Crippen LogP contribution in [0.2, 0.25) is 0 Å². The average molecular weight is 278 g/mol. The van der Waals surface area contributed by atoms with Crippen LogP contribution in [0.4, 0.5) is 11.8 Å². The van der Waals surface area contributed by atoms with Gasteiger partial charge in [-0.05, 0) is 25.8 Å². The van der Waals surface area contributed by atoms with Crippen LogP contribution in [0.25, 0.3) is 10.2 Å². The van der Waals surface area contributed by atoms with Crippen molar-refractivity contribution in [1.29, 1.82) is 0 Å². The largest absolute Gasteiger partial charge is 0.368 e. The molecule has 0 saturated heterocycles. The Labute approximate surface area is 118 Å². The van der Waals surface area contributed by atoms with Gasteiger partial charge in [0.15, 0.2) is 0 Å². The number of nitrogens with zero attached hydrogens (tertiary/aromatic N) is 3. The Morgan fingerprint density at radius 3 is 2.74 bits per heavy atom. The van der Waals surface area contributed by atoms with Crippen LogP contribution < -0.4 is 10.6 Å². The summed E-state index contributed by atoms with van der Waals surface area (Å²) in [6, 6.07) is 2.65. The van der Waals surface area contributed by atoms with Crippen LogP contribution in [0, 0.1) is 0 Å². The number of hydrogen-bond acceptors (Lipinski definition) is 5. The van der Waals surface area contributed by atoms with E-state index < -0.39 is 0 Å². The second-order valence-corrected chi connectivity index (χ2v) is 6.05. The Morgan fingerprint density at radius 1 is 1.37 bits per heavy atom. The number of aryl methyl sites for hydroxylation is 1. The normalized spacial score (nSPS) is 12.8. The predicted octanol–water partition coefficient (Wildman–Crippen LogP) is 3.46. The summed E-state index contributed by atoms with van der Waals surface area (Å²) in [6.45, 7) is 6.58. The smallest absolute Gasteiger partial charge is 0.223 e. The third kappa shape index (κ3) is 2.81. The first-order valence-electron chi connectivity index (χ1n) is 6.85. The molecule has 2 rings (SSSR count). The molecule has 0 fully saturated rings. The fourth-order valence-corrected chi connectivity index (χ4v) is 3.20. The zero-order chi connectivity index (χ0) is 14.0. The highest BCUT2D eigenvalue weighted by Crippen LogP contribution is 2.32. The van der Waals surface area contributed by atoms with Gasteiger partial charge >= 0.3 is 0 Å². The molecule has 2 N–H and O–H groups in total. The Balaban J connectivity index is 2.48. The van der Waals surface area contributed by atoms with E-state index in [0.29, 0.717) is 12.0 Å². The van der Waals surface area contributed by atoms with Gasteiger partial charge in [0.2, 0.25) is 5.95 Å². The van der Waals surface area contributed by atoms with Crippen LogP contribution in [0.5, 0.6) is 0 Å². The monoisotopic (exact) mass is 278 g/mol. The lowest BCUT2D eigenvalue weighted by Gasteiger charge is -2.26. The highest BCUT2D eigenvalue weighted by atomic mass is 32.1. The van der Waals surface area contributed by atoms with E-state index in [2.05, 4.69) is 48.8 Å². The number of aromatic nitrogens is 2. The molecular weight excluding hydrogens is 256 g/mol. The zero-order valence-corrected chi connectivity index (χ0v) is 12.9. The molecular formula is C14H22N4S. The maximum Gasteiger partial charge on any atom is 0.223 e. The van der Waals surface area contributed by atoms with Crippen LogP contribution in [0.1, 0.15) is 38.5 Å². The number of fused-ring (bicyclic) bond motifs is 1. The summed E-state index contributed by atoms with van der Waals surface area (Å²) in [7, 11) is 2.09. The minimum atomic E-state index is 0.363. The molecule has 0 saturated carbocycles. The number of thiophene rings is 1. The van der Waals surface area contributed by atoms with Gasteiger partial charge in [-0.3, -0.25) is 0 Å². The number of nitrogen functional groups attached to an aromatic ring is 1. The Kier molecular flexibility index (Phi) is 4.24. The quantitative estimate of drug-likeness (QED) is 0.910. The molecule has 0 bridgehead atoms. The number of hydrogen-bond donors (Lipinski definition) is 1. The molecule has 2 heterocycles. The molecule has 0 aromatic carbocycles. The van der Waals surface area contributed by atoms with Crippen molar-refractivity contribution in [2.45, 2.75) is 46.1 Å². The molecule has 1 atom stereocenters. The van der Waals surface area contributed by atoms with Gasteiger partial charge in [-0.2, -0.15) is 4.98 Å². The van der Waals surface area contributed by atoms with Crippen LogP contribution >= 0.6 is 11.3 Å². The number of anilines is 2. The molecule has 2 aromatic rings.